The number of amides is 2. The molecular weight excluding hydrogens is 474 g/mol. The van der Waals surface area contributed by atoms with Crippen molar-refractivity contribution < 1.29 is 29.4 Å². The molecule has 4 aliphatic rings. The molecule has 0 radical (unpaired) electrons. The topological polar surface area (TPSA) is 127 Å². The van der Waals surface area contributed by atoms with Crippen LogP contribution in [0.25, 0.3) is 0 Å². The molecule has 2 heterocycles. The van der Waals surface area contributed by atoms with E-state index in [-0.39, 0.29) is 29.5 Å². The molecular formula is C28H37N3O6. The first-order valence-electron chi connectivity index (χ1n) is 13.7. The lowest BCUT2D eigenvalue weighted by Gasteiger charge is -2.56. The van der Waals surface area contributed by atoms with Crippen LogP contribution in [-0.2, 0) is 19.2 Å². The molecule has 2 amide bonds. The Morgan fingerprint density at radius 3 is 2.05 bits per heavy atom. The van der Waals surface area contributed by atoms with Crippen molar-refractivity contribution in [3.05, 3.63) is 24.3 Å². The van der Waals surface area contributed by atoms with Gasteiger partial charge in [-0.15, -0.1) is 0 Å². The van der Waals surface area contributed by atoms with E-state index in [4.69, 9.17) is 5.11 Å². The van der Waals surface area contributed by atoms with Crippen LogP contribution < -0.4 is 10.2 Å². The van der Waals surface area contributed by atoms with Crippen molar-refractivity contribution >= 4 is 35.1 Å². The minimum atomic E-state index is -1.65. The summed E-state index contributed by atoms with van der Waals surface area (Å²) in [5, 5.41) is 21.1. The van der Waals surface area contributed by atoms with Crippen molar-refractivity contribution in [1.82, 2.24) is 4.90 Å². The van der Waals surface area contributed by atoms with E-state index in [0.29, 0.717) is 18.9 Å². The van der Waals surface area contributed by atoms with Crippen LogP contribution in [0.4, 0.5) is 11.4 Å². The van der Waals surface area contributed by atoms with Crippen LogP contribution in [0, 0.1) is 17.8 Å². The monoisotopic (exact) mass is 511 g/mol. The third kappa shape index (κ3) is 5.23. The number of aliphatic carboxylic acids is 2. The summed E-state index contributed by atoms with van der Waals surface area (Å²) in [6.45, 7) is 2.38. The molecule has 0 aromatic heterocycles. The fraction of sp³-hybridized carbons (Fsp3) is 0.643. The number of anilines is 2. The van der Waals surface area contributed by atoms with Crippen molar-refractivity contribution in [2.75, 3.05) is 10.2 Å². The molecule has 2 saturated carbocycles. The summed E-state index contributed by atoms with van der Waals surface area (Å²) in [7, 11) is 0. The maximum absolute atomic E-state index is 13.1. The van der Waals surface area contributed by atoms with E-state index in [1.165, 1.54) is 43.1 Å². The number of nitrogens with one attached hydrogen (secondary N) is 1. The van der Waals surface area contributed by atoms with E-state index in [0.717, 1.165) is 37.0 Å². The highest BCUT2D eigenvalue weighted by Crippen LogP contribution is 2.48. The first-order valence-corrected chi connectivity index (χ1v) is 13.7. The Bertz CT molecular complexity index is 1040. The highest BCUT2D eigenvalue weighted by atomic mass is 16.4. The van der Waals surface area contributed by atoms with Gasteiger partial charge in [-0.3, -0.25) is 19.4 Å². The molecule has 5 rings (SSSR count). The number of carbonyl (C=O) groups is 4. The van der Waals surface area contributed by atoms with E-state index >= 15 is 0 Å². The predicted octanol–water partition coefficient (Wildman–Crippen LogP) is 3.73. The fourth-order valence-corrected chi connectivity index (χ4v) is 8.13. The molecule has 2 saturated heterocycles. The van der Waals surface area contributed by atoms with Gasteiger partial charge in [0, 0.05) is 24.2 Å². The fourth-order valence-electron chi connectivity index (χ4n) is 8.13. The molecule has 4 bridgehead atoms. The lowest BCUT2D eigenvalue weighted by atomic mass is 9.65. The first-order chi connectivity index (χ1) is 17.7. The van der Waals surface area contributed by atoms with Crippen LogP contribution in [0.2, 0.25) is 0 Å². The predicted molar refractivity (Wildman–Crippen MR) is 137 cm³/mol. The van der Waals surface area contributed by atoms with E-state index in [2.05, 4.69) is 17.1 Å². The molecule has 200 valence electrons. The van der Waals surface area contributed by atoms with Gasteiger partial charge in [0.2, 0.25) is 0 Å². The van der Waals surface area contributed by atoms with Gasteiger partial charge in [-0.25, -0.2) is 9.59 Å². The number of rotatable bonds is 4. The second-order valence-electron chi connectivity index (χ2n) is 11.7. The second-order valence-corrected chi connectivity index (χ2v) is 11.7. The van der Waals surface area contributed by atoms with Gasteiger partial charge >= 0.3 is 23.8 Å². The zero-order chi connectivity index (χ0) is 26.3. The zero-order valence-electron chi connectivity index (χ0n) is 21.3. The average molecular weight is 512 g/mol. The molecule has 9 heteroatoms. The minimum absolute atomic E-state index is 0.117. The summed E-state index contributed by atoms with van der Waals surface area (Å²) < 4.78 is 0. The lowest BCUT2D eigenvalue weighted by Crippen LogP contribution is -2.62. The van der Waals surface area contributed by atoms with Gasteiger partial charge in [0.1, 0.15) is 0 Å². The molecule has 4 unspecified atom stereocenters. The molecule has 5 atom stereocenters. The Balaban J connectivity index is 1.41. The third-order valence-corrected chi connectivity index (χ3v) is 9.15. The Morgan fingerprint density at radius 2 is 1.46 bits per heavy atom. The van der Waals surface area contributed by atoms with E-state index in [9.17, 15) is 24.3 Å². The van der Waals surface area contributed by atoms with Crippen molar-refractivity contribution in [2.24, 2.45) is 17.8 Å². The number of carbonyl (C=O) groups excluding carboxylic acids is 2. The molecule has 9 nitrogen and oxygen atoms in total. The van der Waals surface area contributed by atoms with Crippen molar-refractivity contribution in [2.45, 2.75) is 95.3 Å². The zero-order valence-corrected chi connectivity index (χ0v) is 21.3. The second kappa shape index (κ2) is 10.4. The SMILES string of the molecule is CC1CC2CC(C1)CC(N1C3CCC[C@H]1CC(N(C(=O)C(=O)O)c1ccccc1NC(=O)C(=O)O)C3)C2. The number of piperidine rings is 2. The maximum Gasteiger partial charge on any atom is 0.394 e. The summed E-state index contributed by atoms with van der Waals surface area (Å²) in [5.41, 5.74) is 0.341. The van der Waals surface area contributed by atoms with Crippen LogP contribution in [0.5, 0.6) is 0 Å². The number of nitrogens with zero attached hydrogens (tertiary/aromatic N) is 2. The van der Waals surface area contributed by atoms with Crippen LogP contribution in [0.1, 0.15) is 71.1 Å². The maximum atomic E-state index is 13.1. The molecule has 1 aromatic rings. The van der Waals surface area contributed by atoms with Gasteiger partial charge in [0.15, 0.2) is 0 Å². The summed E-state index contributed by atoms with van der Waals surface area (Å²) in [6, 6.07) is 7.11. The van der Waals surface area contributed by atoms with Crippen LogP contribution >= 0.6 is 0 Å². The van der Waals surface area contributed by atoms with E-state index in [1.54, 1.807) is 18.2 Å². The molecule has 1 aromatic carbocycles. The van der Waals surface area contributed by atoms with E-state index in [1.807, 2.05) is 0 Å². The quantitative estimate of drug-likeness (QED) is 0.526. The highest BCUT2D eigenvalue weighted by molar-refractivity contribution is 6.39. The minimum Gasteiger partial charge on any atom is -0.474 e. The number of carboxylic acids is 2. The van der Waals surface area contributed by atoms with Gasteiger partial charge in [0.25, 0.3) is 0 Å². The average Bonchev–Trinajstić information content (AvgIpc) is 2.83. The molecule has 2 aliphatic heterocycles. The van der Waals surface area contributed by atoms with Crippen LogP contribution in [0.15, 0.2) is 24.3 Å². The number of benzene rings is 1. The van der Waals surface area contributed by atoms with Gasteiger partial charge < -0.3 is 15.5 Å². The standard InChI is InChI=1S/C28H37N3O6/c1-16-9-17-11-18(10-16)13-21(12-17)30-19-5-4-6-20(30)15-22(14-19)31(26(33)28(36)37)24-8-3-2-7-23(24)29-25(32)27(34)35/h2-3,7-8,16-22H,4-6,9-15H2,1H3,(H,29,32)(H,34,35)(H,36,37)/t16?,17?,18?,19-,20?,21?,22?/m0/s1. The van der Waals surface area contributed by atoms with Gasteiger partial charge in [-0.05, 0) is 87.7 Å². The van der Waals surface area contributed by atoms with Gasteiger partial charge in [0.05, 0.1) is 11.4 Å². The molecule has 37 heavy (non-hydrogen) atoms. The molecule has 3 N–H and O–H groups in total. The summed E-state index contributed by atoms with van der Waals surface area (Å²) in [6.07, 6.45) is 11.0. The summed E-state index contributed by atoms with van der Waals surface area (Å²) >= 11 is 0. The first kappa shape index (κ1) is 25.7. The Kier molecular flexibility index (Phi) is 7.25. The van der Waals surface area contributed by atoms with E-state index < -0.39 is 23.8 Å². The Morgan fingerprint density at radius 1 is 0.838 bits per heavy atom. The van der Waals surface area contributed by atoms with Gasteiger partial charge in [-0.2, -0.15) is 0 Å². The van der Waals surface area contributed by atoms with Crippen LogP contribution in [-0.4, -0.2) is 63.0 Å². The van der Waals surface area contributed by atoms with Crippen LogP contribution in [0.3, 0.4) is 0 Å². The molecule has 2 aliphatic carbocycles. The number of hydrogen-bond donors (Lipinski definition) is 3. The Hall–Kier alpha value is -2.94. The van der Waals surface area contributed by atoms with Crippen molar-refractivity contribution in [3.8, 4) is 0 Å². The highest BCUT2D eigenvalue weighted by Gasteiger charge is 2.47. The number of carboxylic acid groups (broad SMARTS) is 2. The lowest BCUT2D eigenvalue weighted by molar-refractivity contribution is -0.149. The summed E-state index contributed by atoms with van der Waals surface area (Å²) in [5.74, 6) is -3.12. The van der Waals surface area contributed by atoms with Crippen molar-refractivity contribution in [1.29, 1.82) is 0 Å². The Labute approximate surface area is 217 Å². The third-order valence-electron chi connectivity index (χ3n) is 9.15. The molecule has 0 spiro atoms. The van der Waals surface area contributed by atoms with Gasteiger partial charge in [-0.1, -0.05) is 25.5 Å². The normalized spacial score (nSPS) is 33.3. The summed E-state index contributed by atoms with van der Waals surface area (Å²) in [4.78, 5) is 52.1. The largest absolute Gasteiger partial charge is 0.474 e. The number of para-hydroxylation sites is 2. The number of fused-ring (bicyclic) bond motifs is 4. The smallest absolute Gasteiger partial charge is 0.394 e. The molecule has 4 fully saturated rings. The number of hydrogen-bond acceptors (Lipinski definition) is 5. The van der Waals surface area contributed by atoms with Crippen molar-refractivity contribution in [3.63, 3.8) is 0 Å².